The van der Waals surface area contributed by atoms with Gasteiger partial charge in [0.15, 0.2) is 5.96 Å². The van der Waals surface area contributed by atoms with E-state index in [0.29, 0.717) is 19.8 Å². The highest BCUT2D eigenvalue weighted by Crippen LogP contribution is 2.21. The summed E-state index contributed by atoms with van der Waals surface area (Å²) in [6, 6.07) is 8.36. The molecule has 0 spiro atoms. The molecule has 1 aromatic carbocycles. The highest BCUT2D eigenvalue weighted by atomic mass is 32.1. The van der Waals surface area contributed by atoms with Gasteiger partial charge in [-0.15, -0.1) is 11.3 Å². The third-order valence-corrected chi connectivity index (χ3v) is 4.93. The highest BCUT2D eigenvalue weighted by molar-refractivity contribution is 7.10. The van der Waals surface area contributed by atoms with E-state index in [1.807, 2.05) is 0 Å². The molecule has 0 amide bonds. The lowest BCUT2D eigenvalue weighted by Gasteiger charge is -2.13. The van der Waals surface area contributed by atoms with Gasteiger partial charge >= 0.3 is 0 Å². The second-order valence-electron chi connectivity index (χ2n) is 6.03. The normalized spacial score (nSPS) is 11.5. The maximum absolute atomic E-state index is 5.85. The van der Waals surface area contributed by atoms with Crippen LogP contribution in [0.3, 0.4) is 0 Å². The van der Waals surface area contributed by atoms with Gasteiger partial charge in [-0.2, -0.15) is 0 Å². The lowest BCUT2D eigenvalue weighted by atomic mass is 10.1. The van der Waals surface area contributed by atoms with Crippen LogP contribution in [0.2, 0.25) is 0 Å². The van der Waals surface area contributed by atoms with Crippen LogP contribution in [-0.2, 0) is 17.8 Å². The zero-order valence-electron chi connectivity index (χ0n) is 16.1. The van der Waals surface area contributed by atoms with Crippen molar-refractivity contribution in [2.75, 3.05) is 26.9 Å². The highest BCUT2D eigenvalue weighted by Gasteiger charge is 2.06. The van der Waals surface area contributed by atoms with Gasteiger partial charge in [0.2, 0.25) is 0 Å². The van der Waals surface area contributed by atoms with Gasteiger partial charge in [-0.3, -0.25) is 0 Å². The molecule has 0 radical (unpaired) electrons. The fourth-order valence-corrected chi connectivity index (χ4v) is 3.26. The van der Waals surface area contributed by atoms with Crippen LogP contribution in [-0.4, -0.2) is 32.8 Å². The molecule has 6 heteroatoms. The Kier molecular flexibility index (Phi) is 8.44. The van der Waals surface area contributed by atoms with Gasteiger partial charge in [0.25, 0.3) is 0 Å². The smallest absolute Gasteiger partial charge is 0.191 e. The number of benzene rings is 1. The molecule has 142 valence electrons. The predicted octanol–water partition coefficient (Wildman–Crippen LogP) is 3.65. The number of hydrogen-bond acceptors (Lipinski definition) is 4. The summed E-state index contributed by atoms with van der Waals surface area (Å²) in [4.78, 5) is 6.05. The van der Waals surface area contributed by atoms with Gasteiger partial charge in [-0.25, -0.2) is 4.99 Å². The molecule has 0 aliphatic carbocycles. The van der Waals surface area contributed by atoms with Crippen molar-refractivity contribution in [3.63, 3.8) is 0 Å². The Hall–Kier alpha value is -2.05. The summed E-state index contributed by atoms with van der Waals surface area (Å²) in [6.45, 7) is 9.52. The van der Waals surface area contributed by atoms with E-state index in [0.717, 1.165) is 30.4 Å². The van der Waals surface area contributed by atoms with Gasteiger partial charge in [-0.05, 0) is 49.4 Å². The van der Waals surface area contributed by atoms with Crippen LogP contribution in [0.4, 0.5) is 0 Å². The van der Waals surface area contributed by atoms with Gasteiger partial charge in [0.05, 0.1) is 19.7 Å². The topological polar surface area (TPSA) is 54.9 Å². The van der Waals surface area contributed by atoms with Crippen molar-refractivity contribution in [3.05, 3.63) is 51.2 Å². The lowest BCUT2D eigenvalue weighted by molar-refractivity contribution is 0.145. The molecule has 2 rings (SSSR count). The largest absolute Gasteiger partial charge is 0.491 e. The van der Waals surface area contributed by atoms with Gasteiger partial charge in [0.1, 0.15) is 12.4 Å². The number of aliphatic imine (C=N–C) groups is 1. The minimum Gasteiger partial charge on any atom is -0.491 e. The Morgan fingerprint density at radius 2 is 2.00 bits per heavy atom. The number of rotatable bonds is 9. The first-order valence-electron chi connectivity index (χ1n) is 8.90. The number of hydrogen-bond donors (Lipinski definition) is 2. The molecule has 2 aromatic rings. The standard InChI is InChI=1S/C20H29N3O2S/c1-5-21-20(23-14-19-16(3)8-11-26-19)22-13-17-7-6-15(2)12-18(17)25-10-9-24-4/h6-8,11-12H,5,9-10,13-14H2,1-4H3,(H2,21,22,23). The van der Waals surface area contributed by atoms with Crippen molar-refractivity contribution >= 4 is 17.3 Å². The second-order valence-corrected chi connectivity index (χ2v) is 7.03. The molecule has 0 fully saturated rings. The summed E-state index contributed by atoms with van der Waals surface area (Å²) in [7, 11) is 1.68. The first kappa shape index (κ1) is 20.3. The molecule has 0 saturated carbocycles. The summed E-state index contributed by atoms with van der Waals surface area (Å²) < 4.78 is 10.9. The fraction of sp³-hybridized carbons (Fsp3) is 0.450. The van der Waals surface area contributed by atoms with Gasteiger partial charge < -0.3 is 20.1 Å². The number of methoxy groups -OCH3 is 1. The average Bonchev–Trinajstić information content (AvgIpc) is 3.04. The molecular weight excluding hydrogens is 346 g/mol. The third-order valence-electron chi connectivity index (χ3n) is 3.90. The Bertz CT molecular complexity index is 713. The zero-order valence-corrected chi connectivity index (χ0v) is 16.9. The van der Waals surface area contributed by atoms with E-state index < -0.39 is 0 Å². The van der Waals surface area contributed by atoms with E-state index in [1.54, 1.807) is 18.4 Å². The quantitative estimate of drug-likeness (QED) is 0.399. The van der Waals surface area contributed by atoms with Crippen LogP contribution >= 0.6 is 11.3 Å². The Morgan fingerprint density at radius 1 is 1.15 bits per heavy atom. The molecule has 5 nitrogen and oxygen atoms in total. The molecule has 0 aliphatic rings. The summed E-state index contributed by atoms with van der Waals surface area (Å²) >= 11 is 1.76. The van der Waals surface area contributed by atoms with Crippen molar-refractivity contribution in [3.8, 4) is 5.75 Å². The van der Waals surface area contributed by atoms with Crippen molar-refractivity contribution in [2.45, 2.75) is 33.9 Å². The first-order chi connectivity index (χ1) is 12.6. The maximum Gasteiger partial charge on any atom is 0.191 e. The Labute approximate surface area is 160 Å². The van der Waals surface area contributed by atoms with Crippen molar-refractivity contribution < 1.29 is 9.47 Å². The number of thiophene rings is 1. The summed E-state index contributed by atoms with van der Waals surface area (Å²) in [6.07, 6.45) is 0. The number of aryl methyl sites for hydroxylation is 2. The Morgan fingerprint density at radius 3 is 2.69 bits per heavy atom. The molecule has 26 heavy (non-hydrogen) atoms. The Balaban J connectivity index is 2.04. The van der Waals surface area contributed by atoms with Crippen LogP contribution < -0.4 is 15.4 Å². The minimum atomic E-state index is 0.534. The predicted molar refractivity (Wildman–Crippen MR) is 109 cm³/mol. The average molecular weight is 376 g/mol. The summed E-state index contributed by atoms with van der Waals surface area (Å²) in [5.74, 6) is 1.68. The van der Waals surface area contributed by atoms with Gasteiger partial charge in [-0.1, -0.05) is 12.1 Å². The molecule has 0 bridgehead atoms. The first-order valence-corrected chi connectivity index (χ1v) is 9.78. The van der Waals surface area contributed by atoms with Crippen molar-refractivity contribution in [1.82, 2.24) is 10.6 Å². The van der Waals surface area contributed by atoms with Crippen molar-refractivity contribution in [1.29, 1.82) is 0 Å². The van der Waals surface area contributed by atoms with Crippen LogP contribution in [0.25, 0.3) is 0 Å². The molecule has 1 aromatic heterocycles. The molecule has 2 N–H and O–H groups in total. The molecule has 0 atom stereocenters. The number of nitrogens with zero attached hydrogens (tertiary/aromatic N) is 1. The van der Waals surface area contributed by atoms with Gasteiger partial charge in [0, 0.05) is 24.1 Å². The van der Waals surface area contributed by atoms with Crippen LogP contribution in [0.5, 0.6) is 5.75 Å². The van der Waals surface area contributed by atoms with Crippen LogP contribution in [0.15, 0.2) is 34.6 Å². The van der Waals surface area contributed by atoms with Crippen molar-refractivity contribution in [2.24, 2.45) is 4.99 Å². The zero-order chi connectivity index (χ0) is 18.8. The van der Waals surface area contributed by atoms with E-state index in [9.17, 15) is 0 Å². The number of ether oxygens (including phenoxy) is 2. The third kappa shape index (κ3) is 6.35. The fourth-order valence-electron chi connectivity index (χ4n) is 2.42. The lowest BCUT2D eigenvalue weighted by Crippen LogP contribution is -2.36. The van der Waals surface area contributed by atoms with E-state index in [4.69, 9.17) is 14.5 Å². The van der Waals surface area contributed by atoms with Crippen LogP contribution in [0.1, 0.15) is 28.5 Å². The van der Waals surface area contributed by atoms with E-state index in [1.165, 1.54) is 16.0 Å². The minimum absolute atomic E-state index is 0.534. The molecular formula is C20H29N3O2S. The monoisotopic (exact) mass is 375 g/mol. The number of guanidine groups is 1. The molecule has 0 saturated heterocycles. The maximum atomic E-state index is 5.85. The SMILES string of the molecule is CCNC(=NCc1ccc(C)cc1OCCOC)NCc1sccc1C. The number of nitrogens with one attached hydrogen (secondary N) is 2. The van der Waals surface area contributed by atoms with E-state index >= 15 is 0 Å². The van der Waals surface area contributed by atoms with E-state index in [2.05, 4.69) is 61.1 Å². The second kappa shape index (κ2) is 10.8. The molecule has 0 unspecified atom stereocenters. The molecule has 0 aliphatic heterocycles. The summed E-state index contributed by atoms with van der Waals surface area (Å²) in [5.41, 5.74) is 3.55. The van der Waals surface area contributed by atoms with E-state index in [-0.39, 0.29) is 0 Å². The molecule has 1 heterocycles. The van der Waals surface area contributed by atoms with Crippen LogP contribution in [0, 0.1) is 13.8 Å². The summed E-state index contributed by atoms with van der Waals surface area (Å²) in [5, 5.41) is 8.82.